The zero-order valence-corrected chi connectivity index (χ0v) is 28.9. The second-order valence-corrected chi connectivity index (χ2v) is 16.1. The first-order valence-corrected chi connectivity index (χ1v) is 18.1. The van der Waals surface area contributed by atoms with Crippen molar-refractivity contribution in [2.75, 3.05) is 43.4 Å². The van der Waals surface area contributed by atoms with Crippen molar-refractivity contribution in [3.8, 4) is 6.07 Å². The number of fused-ring (bicyclic) bond motifs is 3. The van der Waals surface area contributed by atoms with Gasteiger partial charge in [0.05, 0.1) is 11.8 Å². The van der Waals surface area contributed by atoms with Crippen LogP contribution < -0.4 is 15.5 Å². The lowest BCUT2D eigenvalue weighted by Gasteiger charge is -2.70. The fraction of sp³-hybridized carbons (Fsp3) is 0.556. The average Bonchev–Trinajstić information content (AvgIpc) is 3.73. The van der Waals surface area contributed by atoms with Crippen LogP contribution in [0.25, 0.3) is 21.1 Å². The van der Waals surface area contributed by atoms with Crippen molar-refractivity contribution in [1.82, 2.24) is 24.8 Å². The van der Waals surface area contributed by atoms with Crippen LogP contribution in [0.1, 0.15) is 60.7 Å². The zero-order valence-electron chi connectivity index (χ0n) is 28.1. The summed E-state index contributed by atoms with van der Waals surface area (Å²) in [5, 5.41) is 18.1. The molecule has 3 aromatic heterocycles. The van der Waals surface area contributed by atoms with Gasteiger partial charge in [-0.25, -0.2) is 4.98 Å². The summed E-state index contributed by atoms with van der Waals surface area (Å²) in [5.74, 6) is 2.24. The van der Waals surface area contributed by atoms with Crippen molar-refractivity contribution in [3.63, 3.8) is 0 Å². The molecular formula is C36H41F3N8OS. The molecule has 4 aromatic rings. The van der Waals surface area contributed by atoms with E-state index in [9.17, 15) is 23.2 Å². The minimum atomic E-state index is -4.27. The van der Waals surface area contributed by atoms with Gasteiger partial charge in [0.1, 0.15) is 22.4 Å². The number of nitriles is 1. The number of likely N-dealkylation sites (tertiary alicyclic amines) is 1. The Bertz CT molecular complexity index is 1990. The minimum absolute atomic E-state index is 0.0311. The molecule has 0 radical (unpaired) electrons. The molecule has 1 aromatic carbocycles. The lowest BCUT2D eigenvalue weighted by molar-refractivity contribution is -0.171. The number of amides is 1. The Morgan fingerprint density at radius 3 is 2.61 bits per heavy atom. The van der Waals surface area contributed by atoms with E-state index in [1.165, 1.54) is 11.1 Å². The highest BCUT2D eigenvalue weighted by atomic mass is 32.1. The second-order valence-electron chi connectivity index (χ2n) is 15.0. The third-order valence-electron chi connectivity index (χ3n) is 11.5. The first-order chi connectivity index (χ1) is 23.4. The number of aryl methyl sites for hydroxylation is 1. The molecule has 258 valence electrons. The van der Waals surface area contributed by atoms with E-state index >= 15 is 0 Å². The molecule has 2 aliphatic heterocycles. The van der Waals surface area contributed by atoms with Gasteiger partial charge < -0.3 is 20.1 Å². The highest BCUT2D eigenvalue weighted by Gasteiger charge is 2.68. The number of aromatic nitrogens is 3. The first-order valence-electron chi connectivity index (χ1n) is 17.2. The van der Waals surface area contributed by atoms with E-state index in [4.69, 9.17) is 4.98 Å². The maximum atomic E-state index is 13.2. The van der Waals surface area contributed by atoms with Crippen molar-refractivity contribution in [3.05, 3.63) is 46.0 Å². The van der Waals surface area contributed by atoms with Crippen LogP contribution in [0.5, 0.6) is 0 Å². The Kier molecular flexibility index (Phi) is 7.64. The number of hydrogen-bond acceptors (Lipinski definition) is 8. The molecule has 5 fully saturated rings. The molecule has 9 rings (SSSR count). The van der Waals surface area contributed by atoms with Crippen LogP contribution in [0.3, 0.4) is 0 Å². The Balaban J connectivity index is 0.964. The summed E-state index contributed by atoms with van der Waals surface area (Å²) in [4.78, 5) is 26.8. The van der Waals surface area contributed by atoms with Gasteiger partial charge in [-0.3, -0.25) is 9.69 Å². The number of rotatable bonds is 9. The number of piperidine rings is 1. The molecule has 2 N–H and O–H groups in total. The maximum absolute atomic E-state index is 13.2. The van der Waals surface area contributed by atoms with E-state index in [1.807, 2.05) is 13.0 Å². The van der Waals surface area contributed by atoms with Gasteiger partial charge in [0, 0.05) is 74.1 Å². The summed E-state index contributed by atoms with van der Waals surface area (Å²) in [6.45, 7) is 9.24. The number of nitrogens with zero attached hydrogens (tertiary/aromatic N) is 6. The average molecular weight is 691 g/mol. The van der Waals surface area contributed by atoms with Gasteiger partial charge in [-0.1, -0.05) is 13.0 Å². The molecule has 2 saturated heterocycles. The first kappa shape index (κ1) is 32.3. The molecule has 5 heterocycles. The molecule has 2 unspecified atom stereocenters. The van der Waals surface area contributed by atoms with Crippen molar-refractivity contribution < 1.29 is 18.0 Å². The molecule has 1 amide bonds. The quantitative estimate of drug-likeness (QED) is 0.210. The summed E-state index contributed by atoms with van der Waals surface area (Å²) in [6, 6.07) is 10.5. The Hall–Kier alpha value is -3.89. The van der Waals surface area contributed by atoms with E-state index in [1.54, 1.807) is 13.1 Å². The van der Waals surface area contributed by atoms with Gasteiger partial charge >= 0.3 is 6.18 Å². The molecule has 2 bridgehead atoms. The topological polar surface area (TPSA) is 102 Å². The van der Waals surface area contributed by atoms with Gasteiger partial charge in [-0.15, -0.1) is 11.3 Å². The van der Waals surface area contributed by atoms with Crippen molar-refractivity contribution in [2.45, 2.75) is 77.2 Å². The Morgan fingerprint density at radius 1 is 1.12 bits per heavy atom. The summed E-state index contributed by atoms with van der Waals surface area (Å²) in [5.41, 5.74) is 4.40. The van der Waals surface area contributed by atoms with E-state index in [-0.39, 0.29) is 21.7 Å². The number of anilines is 2. The maximum Gasteiger partial charge on any atom is 0.393 e. The molecule has 9 nitrogen and oxygen atoms in total. The van der Waals surface area contributed by atoms with Gasteiger partial charge in [0.15, 0.2) is 0 Å². The number of alkyl halides is 3. The number of carbonyl (C=O) groups excluding carboxylic acids is 1. The predicted octanol–water partition coefficient (Wildman–Crippen LogP) is 6.38. The fourth-order valence-corrected chi connectivity index (χ4v) is 10.4. The fourth-order valence-electron chi connectivity index (χ4n) is 9.40. The van der Waals surface area contributed by atoms with Crippen LogP contribution in [0.4, 0.5) is 24.9 Å². The standard InChI is InChI=1S/C36H41F3N8OS/c1-4-30(48)44-35-17-34(18-35,19-35)20-47-25(12-40)9-27-21(2)22(5-6-29(27)47)13-45-14-23-7-8-46(16-24(23)15-45)31-28-10-26(11-36(37,38)39)49-32(28)43-33(41-3)42-31/h5-6,9-10,23-24H,4,7-8,11,13-20H2,1-3H3,(H,44,48)(H,41,42,43). The summed E-state index contributed by atoms with van der Waals surface area (Å²) in [6.07, 6.45) is -0.791. The van der Waals surface area contributed by atoms with Gasteiger partial charge in [-0.05, 0) is 79.2 Å². The van der Waals surface area contributed by atoms with Crippen molar-refractivity contribution >= 4 is 50.1 Å². The number of halogens is 3. The third-order valence-corrected chi connectivity index (χ3v) is 12.6. The summed E-state index contributed by atoms with van der Waals surface area (Å²) >= 11 is 1.09. The van der Waals surface area contributed by atoms with Gasteiger partial charge in [0.2, 0.25) is 11.9 Å². The number of hydrogen-bond donors (Lipinski definition) is 2. The van der Waals surface area contributed by atoms with Crippen molar-refractivity contribution in [1.29, 1.82) is 5.26 Å². The van der Waals surface area contributed by atoms with E-state index in [0.29, 0.717) is 40.1 Å². The predicted molar refractivity (Wildman–Crippen MR) is 185 cm³/mol. The molecule has 3 saturated carbocycles. The second kappa shape index (κ2) is 11.6. The minimum Gasteiger partial charge on any atom is -0.357 e. The number of carbonyl (C=O) groups is 1. The molecule has 2 atom stereocenters. The Labute approximate surface area is 287 Å². The normalized spacial score (nSPS) is 26.3. The van der Waals surface area contributed by atoms with E-state index in [2.05, 4.69) is 55.1 Å². The molecule has 3 aliphatic carbocycles. The molecule has 13 heteroatoms. The van der Waals surface area contributed by atoms with Crippen LogP contribution >= 0.6 is 11.3 Å². The molecule has 0 spiro atoms. The smallest absolute Gasteiger partial charge is 0.357 e. The van der Waals surface area contributed by atoms with E-state index < -0.39 is 12.6 Å². The molecular weight excluding hydrogens is 650 g/mol. The van der Waals surface area contributed by atoms with Crippen LogP contribution in [0.2, 0.25) is 0 Å². The molecule has 49 heavy (non-hydrogen) atoms. The highest BCUT2D eigenvalue weighted by Crippen LogP contribution is 2.68. The Morgan fingerprint density at radius 2 is 1.90 bits per heavy atom. The van der Waals surface area contributed by atoms with Gasteiger partial charge in [-0.2, -0.15) is 23.4 Å². The monoisotopic (exact) mass is 690 g/mol. The number of thiophene rings is 1. The lowest BCUT2D eigenvalue weighted by Crippen LogP contribution is -2.75. The zero-order chi connectivity index (χ0) is 34.3. The van der Waals surface area contributed by atoms with Crippen LogP contribution in [0.15, 0.2) is 24.3 Å². The SMILES string of the molecule is CCC(=O)NC12CC(Cn3c(C#N)cc4c(C)c(CN5CC6CCN(c7nc(NC)nc8sc(CC(F)(F)F)cc78)CC6C5)ccc43)(C1)C2. The van der Waals surface area contributed by atoms with Gasteiger partial charge in [0.25, 0.3) is 0 Å². The lowest BCUT2D eigenvalue weighted by atomic mass is 9.39. The van der Waals surface area contributed by atoms with Crippen LogP contribution in [0, 0.1) is 35.5 Å². The number of benzene rings is 1. The highest BCUT2D eigenvalue weighted by molar-refractivity contribution is 7.18. The van der Waals surface area contributed by atoms with E-state index in [0.717, 1.165) is 93.0 Å². The summed E-state index contributed by atoms with van der Waals surface area (Å²) < 4.78 is 41.8. The third kappa shape index (κ3) is 5.70. The van der Waals surface area contributed by atoms with Crippen LogP contribution in [-0.2, 0) is 24.3 Å². The summed E-state index contributed by atoms with van der Waals surface area (Å²) in [7, 11) is 1.73. The number of nitrogens with one attached hydrogen (secondary N) is 2. The van der Waals surface area contributed by atoms with Crippen LogP contribution in [-0.4, -0.2) is 70.3 Å². The largest absolute Gasteiger partial charge is 0.393 e. The van der Waals surface area contributed by atoms with Crippen molar-refractivity contribution in [2.24, 2.45) is 17.3 Å². The molecule has 5 aliphatic rings.